The fourth-order valence-electron chi connectivity index (χ4n) is 3.67. The number of Topliss-reactive ketones (excluding diaryl/α,β-unsaturated/α-hetero) is 1. The van der Waals surface area contributed by atoms with Crippen molar-refractivity contribution in [3.05, 3.63) is 59.2 Å². The van der Waals surface area contributed by atoms with Gasteiger partial charge < -0.3 is 0 Å². The maximum absolute atomic E-state index is 12.1. The Labute approximate surface area is 126 Å². The first-order valence-electron chi connectivity index (χ1n) is 7.42. The third kappa shape index (κ3) is 2.29. The van der Waals surface area contributed by atoms with Gasteiger partial charge in [0.05, 0.1) is 16.7 Å². The van der Waals surface area contributed by atoms with Crippen LogP contribution in [0.3, 0.4) is 0 Å². The van der Waals surface area contributed by atoms with Gasteiger partial charge in [0.15, 0.2) is 5.78 Å². The van der Waals surface area contributed by atoms with Crippen molar-refractivity contribution in [2.75, 3.05) is 0 Å². The van der Waals surface area contributed by atoms with Crippen molar-refractivity contribution < 1.29 is 4.79 Å². The topological polar surface area (TPSA) is 29.4 Å². The average molecular weight is 279 g/mol. The van der Waals surface area contributed by atoms with Gasteiger partial charge in [-0.3, -0.25) is 9.79 Å². The Kier molecular flexibility index (Phi) is 3.01. The van der Waals surface area contributed by atoms with Crippen molar-refractivity contribution in [2.45, 2.75) is 39.7 Å². The van der Waals surface area contributed by atoms with Crippen LogP contribution in [-0.2, 0) is 4.79 Å². The Morgan fingerprint density at radius 1 is 1.00 bits per heavy atom. The standard InChI is InChI=1S/C19H21NO/c1-13-10-19(11-14(2)16(13)21)12-18(3,4)20-17(19)15-8-6-5-7-9-15/h5-11H,12H2,1-4H3. The molecule has 2 aliphatic rings. The molecule has 1 aliphatic heterocycles. The second kappa shape index (κ2) is 4.52. The van der Waals surface area contributed by atoms with Crippen LogP contribution in [0.2, 0.25) is 0 Å². The maximum atomic E-state index is 12.1. The summed E-state index contributed by atoms with van der Waals surface area (Å²) in [5, 5.41) is 0. The van der Waals surface area contributed by atoms with Crippen LogP contribution in [-0.4, -0.2) is 17.0 Å². The minimum Gasteiger partial charge on any atom is -0.289 e. The predicted octanol–water partition coefficient (Wildman–Crippen LogP) is 4.12. The van der Waals surface area contributed by atoms with E-state index in [2.05, 4.69) is 38.1 Å². The molecule has 108 valence electrons. The van der Waals surface area contributed by atoms with Crippen molar-refractivity contribution in [1.29, 1.82) is 0 Å². The molecule has 0 atom stereocenters. The van der Waals surface area contributed by atoms with E-state index < -0.39 is 0 Å². The van der Waals surface area contributed by atoms with Gasteiger partial charge in [-0.05, 0) is 50.8 Å². The number of aliphatic imine (C=N–C) groups is 1. The molecule has 2 heteroatoms. The second-order valence-corrected chi connectivity index (χ2v) is 6.84. The van der Waals surface area contributed by atoms with E-state index in [-0.39, 0.29) is 16.7 Å². The van der Waals surface area contributed by atoms with Crippen LogP contribution >= 0.6 is 0 Å². The molecule has 2 nitrogen and oxygen atoms in total. The van der Waals surface area contributed by atoms with Gasteiger partial charge in [0.2, 0.25) is 0 Å². The van der Waals surface area contributed by atoms with Crippen LogP contribution < -0.4 is 0 Å². The number of hydrogen-bond donors (Lipinski definition) is 0. The average Bonchev–Trinajstić information content (AvgIpc) is 2.68. The summed E-state index contributed by atoms with van der Waals surface area (Å²) in [4.78, 5) is 17.1. The van der Waals surface area contributed by atoms with Gasteiger partial charge in [0, 0.05) is 0 Å². The maximum Gasteiger partial charge on any atom is 0.183 e. The molecule has 21 heavy (non-hydrogen) atoms. The summed E-state index contributed by atoms with van der Waals surface area (Å²) in [6.45, 7) is 8.14. The lowest BCUT2D eigenvalue weighted by atomic mass is 9.70. The number of benzene rings is 1. The summed E-state index contributed by atoms with van der Waals surface area (Å²) in [5.41, 5.74) is 3.53. The van der Waals surface area contributed by atoms with E-state index >= 15 is 0 Å². The zero-order chi connectivity index (χ0) is 15.3. The molecule has 0 saturated heterocycles. The Balaban J connectivity index is 2.19. The Morgan fingerprint density at radius 2 is 1.57 bits per heavy atom. The molecule has 0 aromatic heterocycles. The summed E-state index contributed by atoms with van der Waals surface area (Å²) in [7, 11) is 0. The van der Waals surface area contributed by atoms with E-state index in [1.807, 2.05) is 32.0 Å². The highest BCUT2D eigenvalue weighted by atomic mass is 16.1. The molecular formula is C19H21NO. The highest BCUT2D eigenvalue weighted by Crippen LogP contribution is 2.47. The summed E-state index contributed by atoms with van der Waals surface area (Å²) < 4.78 is 0. The Hall–Kier alpha value is -1.96. The molecule has 0 N–H and O–H groups in total. The molecule has 3 rings (SSSR count). The SMILES string of the molecule is CC1=CC2(C=C(C)C1=O)CC(C)(C)N=C2c1ccccc1. The van der Waals surface area contributed by atoms with Crippen molar-refractivity contribution >= 4 is 11.5 Å². The van der Waals surface area contributed by atoms with Gasteiger partial charge in [0.1, 0.15) is 0 Å². The van der Waals surface area contributed by atoms with Gasteiger partial charge in [0.25, 0.3) is 0 Å². The zero-order valence-electron chi connectivity index (χ0n) is 13.1. The minimum atomic E-state index is -0.243. The number of carbonyl (C=O) groups is 1. The van der Waals surface area contributed by atoms with Gasteiger partial charge >= 0.3 is 0 Å². The second-order valence-electron chi connectivity index (χ2n) is 6.84. The molecule has 0 saturated carbocycles. The number of allylic oxidation sites excluding steroid dienone is 4. The highest BCUT2D eigenvalue weighted by Gasteiger charge is 2.46. The smallest absolute Gasteiger partial charge is 0.183 e. The largest absolute Gasteiger partial charge is 0.289 e. The van der Waals surface area contributed by atoms with Crippen LogP contribution in [0.1, 0.15) is 39.7 Å². The van der Waals surface area contributed by atoms with Gasteiger partial charge in [-0.25, -0.2) is 0 Å². The third-order valence-corrected chi connectivity index (χ3v) is 4.29. The van der Waals surface area contributed by atoms with Crippen molar-refractivity contribution in [3.63, 3.8) is 0 Å². The summed E-state index contributed by atoms with van der Waals surface area (Å²) in [6, 6.07) is 10.3. The first-order valence-corrected chi connectivity index (χ1v) is 7.42. The van der Waals surface area contributed by atoms with Gasteiger partial charge in [-0.2, -0.15) is 0 Å². The lowest BCUT2D eigenvalue weighted by Crippen LogP contribution is -2.31. The molecule has 0 radical (unpaired) electrons. The molecule has 1 heterocycles. The number of rotatable bonds is 1. The van der Waals surface area contributed by atoms with E-state index in [9.17, 15) is 4.79 Å². The van der Waals surface area contributed by atoms with Gasteiger partial charge in [-0.15, -0.1) is 0 Å². The van der Waals surface area contributed by atoms with E-state index in [0.717, 1.165) is 28.8 Å². The fourth-order valence-corrected chi connectivity index (χ4v) is 3.67. The molecule has 0 unspecified atom stereocenters. The predicted molar refractivity (Wildman–Crippen MR) is 86.6 cm³/mol. The van der Waals surface area contributed by atoms with E-state index in [0.29, 0.717) is 0 Å². The zero-order valence-corrected chi connectivity index (χ0v) is 13.1. The van der Waals surface area contributed by atoms with Crippen LogP contribution in [0.4, 0.5) is 0 Å². The number of carbonyl (C=O) groups excluding carboxylic acids is 1. The van der Waals surface area contributed by atoms with Crippen LogP contribution in [0, 0.1) is 5.41 Å². The normalized spacial score (nSPS) is 22.9. The molecule has 0 fully saturated rings. The van der Waals surface area contributed by atoms with E-state index in [1.54, 1.807) is 0 Å². The molecule has 1 aliphatic carbocycles. The van der Waals surface area contributed by atoms with E-state index in [4.69, 9.17) is 4.99 Å². The molecule has 0 bridgehead atoms. The van der Waals surface area contributed by atoms with Crippen LogP contribution in [0.5, 0.6) is 0 Å². The molecule has 0 amide bonds. The first kappa shape index (κ1) is 14.0. The van der Waals surface area contributed by atoms with Gasteiger partial charge in [-0.1, -0.05) is 42.5 Å². The number of nitrogens with zero attached hydrogens (tertiary/aromatic N) is 1. The monoisotopic (exact) mass is 279 g/mol. The lowest BCUT2D eigenvalue weighted by molar-refractivity contribution is -0.112. The first-order chi connectivity index (χ1) is 9.83. The minimum absolute atomic E-state index is 0.112. The fraction of sp³-hybridized carbons (Fsp3) is 0.368. The third-order valence-electron chi connectivity index (χ3n) is 4.29. The lowest BCUT2D eigenvalue weighted by Gasteiger charge is -2.30. The van der Waals surface area contributed by atoms with Crippen LogP contribution in [0.25, 0.3) is 0 Å². The number of hydrogen-bond acceptors (Lipinski definition) is 2. The molecule has 1 spiro atoms. The quantitative estimate of drug-likeness (QED) is 0.760. The Morgan fingerprint density at radius 3 is 2.14 bits per heavy atom. The van der Waals surface area contributed by atoms with Crippen LogP contribution in [0.15, 0.2) is 58.6 Å². The number of ketones is 1. The molecular weight excluding hydrogens is 258 g/mol. The Bertz CT molecular complexity index is 668. The van der Waals surface area contributed by atoms with Crippen molar-refractivity contribution in [1.82, 2.24) is 0 Å². The molecule has 1 aromatic carbocycles. The highest BCUT2D eigenvalue weighted by molar-refractivity contribution is 6.15. The van der Waals surface area contributed by atoms with Crippen molar-refractivity contribution in [3.8, 4) is 0 Å². The summed E-state index contributed by atoms with van der Waals surface area (Å²) in [6.07, 6.45) is 5.14. The van der Waals surface area contributed by atoms with Crippen molar-refractivity contribution in [2.24, 2.45) is 10.4 Å². The molecule has 1 aromatic rings. The van der Waals surface area contributed by atoms with E-state index in [1.165, 1.54) is 0 Å². The summed E-state index contributed by atoms with van der Waals surface area (Å²) in [5.74, 6) is 0.151. The summed E-state index contributed by atoms with van der Waals surface area (Å²) >= 11 is 0.